The molecule has 1 N–H and O–H groups in total. The van der Waals surface area contributed by atoms with Crippen molar-refractivity contribution in [3.63, 3.8) is 0 Å². The van der Waals surface area contributed by atoms with Crippen molar-refractivity contribution in [2.45, 2.75) is 6.23 Å². The van der Waals surface area contributed by atoms with E-state index < -0.39 is 12.2 Å². The molecule has 3 rings (SSSR count). The molecule has 2 aromatic carbocycles. The number of cyclic esters (lactones) is 1. The van der Waals surface area contributed by atoms with Crippen LogP contribution in [0.3, 0.4) is 0 Å². The van der Waals surface area contributed by atoms with Crippen molar-refractivity contribution in [3.05, 3.63) is 53.3 Å². The van der Waals surface area contributed by atoms with E-state index in [1.807, 2.05) is 0 Å². The third kappa shape index (κ3) is 2.32. The van der Waals surface area contributed by atoms with E-state index >= 15 is 0 Å². The second-order valence-electron chi connectivity index (χ2n) is 4.70. The summed E-state index contributed by atoms with van der Waals surface area (Å²) in [5.74, 6) is -0.0276. The average molecular weight is 303 g/mol. The Morgan fingerprint density at radius 2 is 1.82 bits per heavy atom. The minimum absolute atomic E-state index is 0.333. The number of ether oxygens (including phenoxy) is 3. The summed E-state index contributed by atoms with van der Waals surface area (Å²) in [6.07, 6.45) is -0.659. The molecule has 0 amide bonds. The average Bonchev–Trinajstić information content (AvgIpc) is 2.85. The van der Waals surface area contributed by atoms with Gasteiger partial charge in [0, 0.05) is 11.3 Å². The van der Waals surface area contributed by atoms with E-state index in [4.69, 9.17) is 14.2 Å². The van der Waals surface area contributed by atoms with Gasteiger partial charge in [-0.15, -0.1) is 0 Å². The van der Waals surface area contributed by atoms with Gasteiger partial charge < -0.3 is 19.5 Å². The first-order chi connectivity index (χ1) is 10.6. The van der Waals surface area contributed by atoms with E-state index in [2.05, 4.69) is 5.32 Å². The van der Waals surface area contributed by atoms with Crippen molar-refractivity contribution in [2.75, 3.05) is 19.5 Å². The summed E-state index contributed by atoms with van der Waals surface area (Å²) >= 11 is 0. The summed E-state index contributed by atoms with van der Waals surface area (Å²) in [5.41, 5.74) is 1.62. The summed E-state index contributed by atoms with van der Waals surface area (Å²) in [6, 6.07) is 9.24. The Hall–Kier alpha value is -2.76. The third-order valence-corrected chi connectivity index (χ3v) is 3.43. The molecule has 1 heterocycles. The maximum atomic E-state index is 12.9. The van der Waals surface area contributed by atoms with Gasteiger partial charge in [0.25, 0.3) is 0 Å². The molecular weight excluding hydrogens is 289 g/mol. The van der Waals surface area contributed by atoms with Crippen LogP contribution < -0.4 is 14.8 Å². The number of methoxy groups -OCH3 is 2. The van der Waals surface area contributed by atoms with Crippen molar-refractivity contribution in [2.24, 2.45) is 0 Å². The Morgan fingerprint density at radius 3 is 2.45 bits per heavy atom. The quantitative estimate of drug-likeness (QED) is 0.879. The summed E-state index contributed by atoms with van der Waals surface area (Å²) in [4.78, 5) is 12.1. The lowest BCUT2D eigenvalue weighted by Gasteiger charge is -2.15. The topological polar surface area (TPSA) is 56.8 Å². The smallest absolute Gasteiger partial charge is 0.344 e. The van der Waals surface area contributed by atoms with Crippen LogP contribution in [0.25, 0.3) is 0 Å². The van der Waals surface area contributed by atoms with Gasteiger partial charge in [0.2, 0.25) is 6.23 Å². The Bertz CT molecular complexity index is 715. The zero-order valence-electron chi connectivity index (χ0n) is 12.1. The highest BCUT2D eigenvalue weighted by Crippen LogP contribution is 2.41. The molecule has 5 nitrogen and oxygen atoms in total. The van der Waals surface area contributed by atoms with Crippen molar-refractivity contribution < 1.29 is 23.4 Å². The van der Waals surface area contributed by atoms with Crippen molar-refractivity contribution in [3.8, 4) is 11.5 Å². The maximum absolute atomic E-state index is 12.9. The summed E-state index contributed by atoms with van der Waals surface area (Å²) < 4.78 is 28.7. The fourth-order valence-corrected chi connectivity index (χ4v) is 2.41. The molecule has 0 aromatic heterocycles. The molecule has 0 spiro atoms. The van der Waals surface area contributed by atoms with Crippen LogP contribution in [0.2, 0.25) is 0 Å². The number of hydrogen-bond donors (Lipinski definition) is 1. The third-order valence-electron chi connectivity index (χ3n) is 3.43. The highest BCUT2D eigenvalue weighted by molar-refractivity contribution is 5.98. The normalized spacial score (nSPS) is 16.0. The SMILES string of the molecule is COc1ccc2c(c1OC)C(=O)O[C@@H]2Nc1ccc(F)cc1. The van der Waals surface area contributed by atoms with E-state index in [9.17, 15) is 9.18 Å². The van der Waals surface area contributed by atoms with Gasteiger partial charge in [-0.3, -0.25) is 0 Å². The van der Waals surface area contributed by atoms with Crippen LogP contribution in [-0.4, -0.2) is 20.2 Å². The van der Waals surface area contributed by atoms with Crippen LogP contribution in [0.4, 0.5) is 10.1 Å². The van der Waals surface area contributed by atoms with E-state index in [0.29, 0.717) is 28.3 Å². The lowest BCUT2D eigenvalue weighted by Crippen LogP contribution is -2.10. The van der Waals surface area contributed by atoms with Crippen molar-refractivity contribution in [1.29, 1.82) is 0 Å². The molecule has 1 aliphatic rings. The molecule has 0 unspecified atom stereocenters. The number of rotatable bonds is 4. The first kappa shape index (κ1) is 14.2. The lowest BCUT2D eigenvalue weighted by atomic mass is 10.1. The molecule has 0 aliphatic carbocycles. The van der Waals surface area contributed by atoms with Gasteiger partial charge in [0.1, 0.15) is 11.4 Å². The van der Waals surface area contributed by atoms with Gasteiger partial charge in [-0.25, -0.2) is 9.18 Å². The molecule has 0 saturated heterocycles. The van der Waals surface area contributed by atoms with Gasteiger partial charge in [0.05, 0.1) is 14.2 Å². The van der Waals surface area contributed by atoms with E-state index in [0.717, 1.165) is 0 Å². The molecule has 22 heavy (non-hydrogen) atoms. The summed E-state index contributed by atoms with van der Waals surface area (Å²) in [7, 11) is 2.96. The monoisotopic (exact) mass is 303 g/mol. The zero-order chi connectivity index (χ0) is 15.7. The lowest BCUT2D eigenvalue weighted by molar-refractivity contribution is 0.0435. The molecule has 114 valence electrons. The van der Waals surface area contributed by atoms with Gasteiger partial charge in [0.15, 0.2) is 11.5 Å². The summed E-state index contributed by atoms with van der Waals surface area (Å²) in [5, 5.41) is 3.04. The number of carbonyl (C=O) groups excluding carboxylic acids is 1. The van der Waals surface area contributed by atoms with Gasteiger partial charge in [-0.1, -0.05) is 0 Å². The number of anilines is 1. The molecule has 1 aliphatic heterocycles. The van der Waals surface area contributed by atoms with Crippen molar-refractivity contribution in [1.82, 2.24) is 0 Å². The van der Waals surface area contributed by atoms with E-state index in [1.165, 1.54) is 26.4 Å². The molecule has 0 radical (unpaired) electrons. The first-order valence-electron chi connectivity index (χ1n) is 6.62. The largest absolute Gasteiger partial charge is 0.493 e. The molecule has 1 atom stereocenters. The fourth-order valence-electron chi connectivity index (χ4n) is 2.41. The minimum atomic E-state index is -0.659. The molecule has 6 heteroatoms. The number of benzene rings is 2. The van der Waals surface area contributed by atoms with Crippen LogP contribution >= 0.6 is 0 Å². The summed E-state index contributed by atoms with van der Waals surface area (Å²) in [6.45, 7) is 0. The van der Waals surface area contributed by atoms with E-state index in [-0.39, 0.29) is 5.82 Å². The molecule has 0 fully saturated rings. The van der Waals surface area contributed by atoms with Gasteiger partial charge >= 0.3 is 5.97 Å². The van der Waals surface area contributed by atoms with Crippen LogP contribution in [-0.2, 0) is 4.74 Å². The second kappa shape index (κ2) is 5.55. The molecule has 0 saturated carbocycles. The number of hydrogen-bond acceptors (Lipinski definition) is 5. The number of fused-ring (bicyclic) bond motifs is 1. The Labute approximate surface area is 126 Å². The fraction of sp³-hybridized carbons (Fsp3) is 0.188. The number of esters is 1. The van der Waals surface area contributed by atoms with Gasteiger partial charge in [-0.2, -0.15) is 0 Å². The highest BCUT2D eigenvalue weighted by Gasteiger charge is 2.35. The number of carbonyl (C=O) groups is 1. The predicted octanol–water partition coefficient (Wildman–Crippen LogP) is 3.12. The van der Waals surface area contributed by atoms with E-state index in [1.54, 1.807) is 24.3 Å². The predicted molar refractivity (Wildman–Crippen MR) is 77.7 cm³/mol. The molecule has 2 aromatic rings. The Kier molecular flexibility index (Phi) is 3.58. The number of halogens is 1. The standard InChI is InChI=1S/C16H14FNO4/c1-20-12-8-7-11-13(14(12)21-2)16(19)22-15(11)18-10-5-3-9(17)4-6-10/h3-8,15,18H,1-2H3/t15-/m0/s1. The number of nitrogens with one attached hydrogen (secondary N) is 1. The van der Waals surface area contributed by atoms with Crippen LogP contribution in [0.5, 0.6) is 11.5 Å². The van der Waals surface area contributed by atoms with Crippen LogP contribution in [0.15, 0.2) is 36.4 Å². The molecule has 0 bridgehead atoms. The zero-order valence-corrected chi connectivity index (χ0v) is 12.1. The second-order valence-corrected chi connectivity index (χ2v) is 4.70. The Balaban J connectivity index is 1.96. The Morgan fingerprint density at radius 1 is 1.09 bits per heavy atom. The van der Waals surface area contributed by atoms with Crippen LogP contribution in [0.1, 0.15) is 22.1 Å². The van der Waals surface area contributed by atoms with Crippen molar-refractivity contribution >= 4 is 11.7 Å². The minimum Gasteiger partial charge on any atom is -0.493 e. The molecular formula is C16H14FNO4. The highest BCUT2D eigenvalue weighted by atomic mass is 19.1. The maximum Gasteiger partial charge on any atom is 0.344 e. The first-order valence-corrected chi connectivity index (χ1v) is 6.62. The van der Waals surface area contributed by atoms with Gasteiger partial charge in [-0.05, 0) is 36.4 Å². The van der Waals surface area contributed by atoms with Crippen LogP contribution in [0, 0.1) is 5.82 Å².